The summed E-state index contributed by atoms with van der Waals surface area (Å²) < 4.78 is 7.67. The summed E-state index contributed by atoms with van der Waals surface area (Å²) >= 11 is 1.36. The van der Waals surface area contributed by atoms with Crippen molar-refractivity contribution in [2.45, 2.75) is 23.9 Å². The molecule has 0 aliphatic rings. The van der Waals surface area contributed by atoms with E-state index in [9.17, 15) is 4.79 Å². The van der Waals surface area contributed by atoms with E-state index in [4.69, 9.17) is 4.74 Å². The summed E-state index contributed by atoms with van der Waals surface area (Å²) in [5.74, 6) is 1.37. The van der Waals surface area contributed by atoms with Gasteiger partial charge in [-0.1, -0.05) is 42.1 Å². The van der Waals surface area contributed by atoms with Crippen LogP contribution in [0.4, 0.5) is 5.69 Å². The van der Waals surface area contributed by atoms with Crippen molar-refractivity contribution in [3.63, 3.8) is 0 Å². The maximum Gasteiger partial charge on any atom is 0.237 e. The third kappa shape index (κ3) is 5.33. The lowest BCUT2D eigenvalue weighted by molar-refractivity contribution is -0.115. The van der Waals surface area contributed by atoms with Crippen molar-refractivity contribution >= 4 is 23.4 Å². The van der Waals surface area contributed by atoms with Gasteiger partial charge in [-0.05, 0) is 48.9 Å². The van der Waals surface area contributed by atoms with E-state index in [1.54, 1.807) is 12.4 Å². The molecule has 1 amide bonds. The zero-order valence-corrected chi connectivity index (χ0v) is 18.6. The lowest BCUT2D eigenvalue weighted by Gasteiger charge is -2.12. The molecule has 0 saturated carbocycles. The summed E-state index contributed by atoms with van der Waals surface area (Å²) in [6.45, 7) is 2.34. The first-order valence-corrected chi connectivity index (χ1v) is 11.0. The Bertz CT molecular complexity index is 1160. The van der Waals surface area contributed by atoms with Crippen LogP contribution >= 0.6 is 11.8 Å². The number of aromatic nitrogens is 4. The molecule has 0 bridgehead atoms. The zero-order valence-electron chi connectivity index (χ0n) is 17.8. The van der Waals surface area contributed by atoms with Crippen LogP contribution in [0.3, 0.4) is 0 Å². The van der Waals surface area contributed by atoms with E-state index in [1.165, 1.54) is 11.8 Å². The Hall–Kier alpha value is -3.65. The molecule has 4 rings (SSSR count). The number of nitrogens with one attached hydrogen (secondary N) is 1. The zero-order chi connectivity index (χ0) is 22.3. The minimum atomic E-state index is -0.350. The smallest absolute Gasteiger partial charge is 0.237 e. The Balaban J connectivity index is 1.32. The van der Waals surface area contributed by atoms with E-state index in [-0.39, 0.29) is 11.2 Å². The number of thioether (sulfide) groups is 1. The van der Waals surface area contributed by atoms with Gasteiger partial charge in [0.05, 0.1) is 5.25 Å². The second-order valence-corrected chi connectivity index (χ2v) is 8.46. The van der Waals surface area contributed by atoms with Gasteiger partial charge in [-0.2, -0.15) is 0 Å². The van der Waals surface area contributed by atoms with Crippen molar-refractivity contribution in [2.75, 3.05) is 5.32 Å². The van der Waals surface area contributed by atoms with Gasteiger partial charge in [0, 0.05) is 30.7 Å². The van der Waals surface area contributed by atoms with E-state index in [1.807, 2.05) is 85.3 Å². The van der Waals surface area contributed by atoms with Crippen LogP contribution in [-0.2, 0) is 18.4 Å². The quantitative estimate of drug-likeness (QED) is 0.400. The Morgan fingerprint density at radius 2 is 1.75 bits per heavy atom. The molecule has 0 aliphatic heterocycles. The van der Waals surface area contributed by atoms with E-state index in [0.29, 0.717) is 17.5 Å². The van der Waals surface area contributed by atoms with Crippen molar-refractivity contribution < 1.29 is 9.53 Å². The Labute approximate surface area is 190 Å². The summed E-state index contributed by atoms with van der Waals surface area (Å²) in [7, 11) is 1.89. The number of amides is 1. The second-order valence-electron chi connectivity index (χ2n) is 7.15. The highest BCUT2D eigenvalue weighted by Gasteiger charge is 2.19. The maximum atomic E-state index is 12.7. The average Bonchev–Trinajstić information content (AvgIpc) is 3.19. The third-order valence-corrected chi connectivity index (χ3v) is 5.93. The molecule has 162 valence electrons. The van der Waals surface area contributed by atoms with Crippen LogP contribution in [0.1, 0.15) is 12.5 Å². The van der Waals surface area contributed by atoms with Gasteiger partial charge in [0.1, 0.15) is 12.4 Å². The highest BCUT2D eigenvalue weighted by atomic mass is 32.2. The van der Waals surface area contributed by atoms with E-state index in [0.717, 1.165) is 22.7 Å². The van der Waals surface area contributed by atoms with Crippen LogP contribution in [0.25, 0.3) is 11.4 Å². The fraction of sp³-hybridized carbons (Fsp3) is 0.167. The van der Waals surface area contributed by atoms with Crippen molar-refractivity contribution in [1.82, 2.24) is 19.7 Å². The monoisotopic (exact) mass is 445 g/mol. The predicted octanol–water partition coefficient (Wildman–Crippen LogP) is 4.58. The minimum Gasteiger partial charge on any atom is -0.489 e. The lowest BCUT2D eigenvalue weighted by Crippen LogP contribution is -2.22. The lowest BCUT2D eigenvalue weighted by atomic mass is 10.2. The summed E-state index contributed by atoms with van der Waals surface area (Å²) in [4.78, 5) is 16.7. The van der Waals surface area contributed by atoms with E-state index < -0.39 is 0 Å². The molecule has 4 aromatic rings. The van der Waals surface area contributed by atoms with Gasteiger partial charge in [-0.3, -0.25) is 9.78 Å². The summed E-state index contributed by atoms with van der Waals surface area (Å²) in [6, 6.07) is 21.1. The van der Waals surface area contributed by atoms with Gasteiger partial charge in [0.2, 0.25) is 5.91 Å². The first-order valence-electron chi connectivity index (χ1n) is 10.1. The van der Waals surface area contributed by atoms with Crippen LogP contribution < -0.4 is 10.1 Å². The van der Waals surface area contributed by atoms with Crippen molar-refractivity contribution in [3.8, 4) is 17.1 Å². The Kier molecular flexibility index (Phi) is 6.81. The van der Waals surface area contributed by atoms with Crippen LogP contribution in [-0.4, -0.2) is 30.9 Å². The number of hydrogen-bond donors (Lipinski definition) is 1. The molecule has 0 aliphatic carbocycles. The van der Waals surface area contributed by atoms with Crippen LogP contribution in [0.15, 0.2) is 84.3 Å². The topological polar surface area (TPSA) is 81.9 Å². The number of anilines is 1. The van der Waals surface area contributed by atoms with Crippen molar-refractivity contribution in [2.24, 2.45) is 7.05 Å². The Morgan fingerprint density at radius 3 is 2.47 bits per heavy atom. The number of benzene rings is 2. The number of hydrogen-bond acceptors (Lipinski definition) is 6. The third-order valence-electron chi connectivity index (χ3n) is 4.80. The molecule has 0 fully saturated rings. The fourth-order valence-electron chi connectivity index (χ4n) is 3.00. The van der Waals surface area contributed by atoms with Gasteiger partial charge in [0.25, 0.3) is 0 Å². The molecule has 1 unspecified atom stereocenters. The minimum absolute atomic E-state index is 0.110. The molecular formula is C24H23N5O2S. The summed E-state index contributed by atoms with van der Waals surface area (Å²) in [6.07, 6.45) is 3.43. The van der Waals surface area contributed by atoms with Crippen molar-refractivity contribution in [1.29, 1.82) is 0 Å². The number of pyridine rings is 1. The van der Waals surface area contributed by atoms with Gasteiger partial charge < -0.3 is 14.6 Å². The van der Waals surface area contributed by atoms with Crippen molar-refractivity contribution in [3.05, 3.63) is 84.7 Å². The molecular weight excluding hydrogens is 422 g/mol. The highest BCUT2D eigenvalue weighted by Crippen LogP contribution is 2.26. The number of carbonyl (C=O) groups is 1. The van der Waals surface area contributed by atoms with Gasteiger partial charge >= 0.3 is 0 Å². The second kappa shape index (κ2) is 10.1. The first kappa shape index (κ1) is 21.6. The van der Waals surface area contributed by atoms with Crippen LogP contribution in [0.5, 0.6) is 5.75 Å². The molecule has 2 heterocycles. The highest BCUT2D eigenvalue weighted by molar-refractivity contribution is 8.00. The number of nitrogens with zero attached hydrogens (tertiary/aromatic N) is 4. The molecule has 0 saturated heterocycles. The first-order chi connectivity index (χ1) is 15.6. The molecule has 32 heavy (non-hydrogen) atoms. The number of rotatable bonds is 8. The summed E-state index contributed by atoms with van der Waals surface area (Å²) in [5.41, 5.74) is 2.74. The summed E-state index contributed by atoms with van der Waals surface area (Å²) in [5, 5.41) is 11.7. The molecule has 0 spiro atoms. The standard InChI is InChI=1S/C24H23N5O2S/c1-17(32-24-28-27-22(29(24)2)19-12-14-25-15-13-19)23(30)26-20-8-10-21(11-9-20)31-16-18-6-4-3-5-7-18/h3-15,17H,16H2,1-2H3,(H,26,30). The predicted molar refractivity (Wildman–Crippen MR) is 125 cm³/mol. The molecule has 2 aromatic carbocycles. The van der Waals surface area contributed by atoms with Gasteiger partial charge in [-0.15, -0.1) is 10.2 Å². The average molecular weight is 446 g/mol. The number of carbonyl (C=O) groups excluding carboxylic acids is 1. The normalized spacial score (nSPS) is 11.7. The van der Waals surface area contributed by atoms with Crippen LogP contribution in [0, 0.1) is 0 Å². The Morgan fingerprint density at radius 1 is 1.03 bits per heavy atom. The largest absolute Gasteiger partial charge is 0.489 e. The molecule has 7 nitrogen and oxygen atoms in total. The van der Waals surface area contributed by atoms with E-state index >= 15 is 0 Å². The van der Waals surface area contributed by atoms with E-state index in [2.05, 4.69) is 20.5 Å². The fourth-order valence-corrected chi connectivity index (χ4v) is 3.82. The SMILES string of the molecule is CC(Sc1nnc(-c2ccncc2)n1C)C(=O)Nc1ccc(OCc2ccccc2)cc1. The number of ether oxygens (including phenoxy) is 1. The van der Waals surface area contributed by atoms with Gasteiger partial charge in [0.15, 0.2) is 11.0 Å². The van der Waals surface area contributed by atoms with Crippen LogP contribution in [0.2, 0.25) is 0 Å². The molecule has 0 radical (unpaired) electrons. The molecule has 2 aromatic heterocycles. The van der Waals surface area contributed by atoms with Gasteiger partial charge in [-0.25, -0.2) is 0 Å². The molecule has 1 atom stereocenters. The molecule has 8 heteroatoms. The molecule has 1 N–H and O–H groups in total. The maximum absolute atomic E-state index is 12.7.